The number of methoxy groups -OCH3 is 2. The third kappa shape index (κ3) is 11.4. The fourth-order valence-electron chi connectivity index (χ4n) is 3.84. The van der Waals surface area contributed by atoms with Crippen LogP contribution in [0.4, 0.5) is 34.9 Å². The molecule has 0 amide bonds. The molecule has 252 valence electrons. The Bertz CT molecular complexity index is 1710. The highest BCUT2D eigenvalue weighted by molar-refractivity contribution is 7.86. The van der Waals surface area contributed by atoms with Crippen LogP contribution in [0.3, 0.4) is 0 Å². The summed E-state index contributed by atoms with van der Waals surface area (Å²) in [6, 6.07) is 7.10. The molecule has 2 heterocycles. The van der Waals surface area contributed by atoms with E-state index < -0.39 is 0 Å². The van der Waals surface area contributed by atoms with E-state index >= 15 is 0 Å². The van der Waals surface area contributed by atoms with E-state index in [0.29, 0.717) is 45.9 Å². The maximum atomic E-state index is 5.93. The Morgan fingerprint density at radius 3 is 1.45 bits per heavy atom. The van der Waals surface area contributed by atoms with Crippen molar-refractivity contribution in [2.24, 2.45) is 4.36 Å². The summed E-state index contributed by atoms with van der Waals surface area (Å²) in [5.74, 6) is 3.92. The van der Waals surface area contributed by atoms with Gasteiger partial charge in [-0.3, -0.25) is 0 Å². The monoisotopic (exact) mass is 722 g/mol. The molecule has 2 aromatic carbocycles. The molecule has 0 aliphatic carbocycles. The van der Waals surface area contributed by atoms with Crippen LogP contribution in [0.2, 0.25) is 0 Å². The molecule has 0 radical (unpaired) electrons. The Balaban J connectivity index is 0.000000294. The van der Waals surface area contributed by atoms with Gasteiger partial charge in [-0.25, -0.2) is 9.97 Å². The zero-order valence-electron chi connectivity index (χ0n) is 26.4. The third-order valence-corrected chi connectivity index (χ3v) is 6.26. The molecule has 0 saturated heterocycles. The van der Waals surface area contributed by atoms with Crippen LogP contribution < -0.4 is 47.6 Å². The summed E-state index contributed by atoms with van der Waals surface area (Å²) < 4.78 is 25.9. The van der Waals surface area contributed by atoms with E-state index in [1.807, 2.05) is 39.8 Å². The zero-order chi connectivity index (χ0) is 35.4. The second-order valence-electron chi connectivity index (χ2n) is 9.98. The van der Waals surface area contributed by atoms with Crippen LogP contribution in [-0.2, 0) is 12.4 Å². The van der Waals surface area contributed by atoms with E-state index in [9.17, 15) is 0 Å². The average molecular weight is 724 g/mol. The molecule has 0 spiro atoms. The lowest BCUT2D eigenvalue weighted by molar-refractivity contribution is 0.412. The first kappa shape index (κ1) is 38.7. The number of rotatable bonds is 9. The topological polar surface area (TPSA) is 231 Å². The SMILES string of the molecule is COc1cc(C(C)C)c(Oc2cnc(N)nc2N)cc1N.COc1cc(C(C)C)c(Oc2cnc(N)nc2N)cc1N=S.S=C(Cl)Cl. The van der Waals surface area contributed by atoms with E-state index in [0.717, 1.165) is 11.1 Å². The van der Waals surface area contributed by atoms with Crippen LogP contribution in [0.1, 0.15) is 50.7 Å². The average Bonchev–Trinajstić information content (AvgIpc) is 2.99. The molecule has 18 heteroatoms. The number of benzene rings is 2. The van der Waals surface area contributed by atoms with Gasteiger partial charge in [0.25, 0.3) is 0 Å². The highest BCUT2D eigenvalue weighted by atomic mass is 35.5. The minimum Gasteiger partial charge on any atom is -0.495 e. The first-order chi connectivity index (χ1) is 22.1. The number of aromatic nitrogens is 4. The number of hydrogen-bond acceptors (Lipinski definition) is 16. The van der Waals surface area contributed by atoms with Crippen molar-refractivity contribution in [2.75, 3.05) is 42.9 Å². The molecule has 0 saturated carbocycles. The Morgan fingerprint density at radius 2 is 1.09 bits per heavy atom. The molecule has 2 aromatic heterocycles. The van der Waals surface area contributed by atoms with E-state index in [1.54, 1.807) is 26.4 Å². The maximum absolute atomic E-state index is 5.93. The zero-order valence-corrected chi connectivity index (χ0v) is 29.6. The normalized spacial score (nSPS) is 10.3. The number of thiocarbonyl (C=S) groups is 1. The molecular weight excluding hydrogens is 687 g/mol. The summed E-state index contributed by atoms with van der Waals surface area (Å²) in [6.45, 7) is 8.16. The number of halogens is 2. The summed E-state index contributed by atoms with van der Waals surface area (Å²) in [7, 11) is 3.14. The van der Waals surface area contributed by atoms with Crippen LogP contribution in [-0.4, -0.2) is 37.9 Å². The Labute approximate surface area is 293 Å². The minimum atomic E-state index is -0.0556. The molecular formula is C29H36Cl2N10O4S2. The molecule has 0 aliphatic heterocycles. The first-order valence-electron chi connectivity index (χ1n) is 13.6. The Kier molecular flexibility index (Phi) is 14.8. The van der Waals surface area contributed by atoms with Crippen molar-refractivity contribution in [1.29, 1.82) is 0 Å². The van der Waals surface area contributed by atoms with Gasteiger partial charge in [-0.2, -0.15) is 14.3 Å². The number of nitrogens with zero attached hydrogens (tertiary/aromatic N) is 5. The molecule has 4 rings (SSSR count). The number of ether oxygens (including phenoxy) is 4. The smallest absolute Gasteiger partial charge is 0.222 e. The van der Waals surface area contributed by atoms with Crippen molar-refractivity contribution in [3.05, 3.63) is 47.8 Å². The Hall–Kier alpha value is -4.51. The fourth-order valence-corrected chi connectivity index (χ4v) is 3.98. The van der Waals surface area contributed by atoms with Crippen molar-refractivity contribution >= 4 is 86.5 Å². The second-order valence-corrected chi connectivity index (χ2v) is 12.0. The van der Waals surface area contributed by atoms with Gasteiger partial charge in [-0.05, 0) is 24.0 Å². The van der Waals surface area contributed by atoms with E-state index in [-0.39, 0.29) is 39.2 Å². The summed E-state index contributed by atoms with van der Waals surface area (Å²) in [4.78, 5) is 15.5. The van der Waals surface area contributed by atoms with Gasteiger partial charge in [0.2, 0.25) is 11.9 Å². The molecule has 14 nitrogen and oxygen atoms in total. The van der Waals surface area contributed by atoms with Gasteiger partial charge in [-0.1, -0.05) is 63.1 Å². The molecule has 47 heavy (non-hydrogen) atoms. The molecule has 0 bridgehead atoms. The van der Waals surface area contributed by atoms with E-state index in [2.05, 4.69) is 36.5 Å². The number of nitrogen functional groups attached to an aromatic ring is 5. The van der Waals surface area contributed by atoms with Crippen LogP contribution in [0.5, 0.6) is 34.5 Å². The van der Waals surface area contributed by atoms with Crippen LogP contribution in [0, 0.1) is 0 Å². The molecule has 0 fully saturated rings. The van der Waals surface area contributed by atoms with Gasteiger partial charge >= 0.3 is 0 Å². The van der Waals surface area contributed by atoms with Gasteiger partial charge < -0.3 is 47.6 Å². The van der Waals surface area contributed by atoms with Crippen molar-refractivity contribution in [3.8, 4) is 34.5 Å². The third-order valence-electron chi connectivity index (χ3n) is 6.06. The Morgan fingerprint density at radius 1 is 0.681 bits per heavy atom. The fraction of sp³-hybridized carbons (Fsp3) is 0.276. The van der Waals surface area contributed by atoms with Gasteiger partial charge in [-0.15, -0.1) is 0 Å². The summed E-state index contributed by atoms with van der Waals surface area (Å²) in [5.41, 5.74) is 31.3. The second kappa shape index (κ2) is 18.0. The quantitative estimate of drug-likeness (QED) is 0.0677. The number of nitrogens with two attached hydrogens (primary N) is 5. The van der Waals surface area contributed by atoms with Crippen molar-refractivity contribution in [3.63, 3.8) is 0 Å². The highest BCUT2D eigenvalue weighted by Crippen LogP contribution is 2.41. The highest BCUT2D eigenvalue weighted by Gasteiger charge is 2.17. The predicted octanol–water partition coefficient (Wildman–Crippen LogP) is 6.82. The molecule has 0 atom stereocenters. The van der Waals surface area contributed by atoms with E-state index in [4.69, 9.17) is 83.2 Å². The summed E-state index contributed by atoms with van der Waals surface area (Å²) in [5, 5.41) is 0. The molecule has 0 aliphatic rings. The van der Waals surface area contributed by atoms with Crippen molar-refractivity contribution in [2.45, 2.75) is 39.5 Å². The van der Waals surface area contributed by atoms with Crippen LogP contribution >= 0.6 is 35.4 Å². The lowest BCUT2D eigenvalue weighted by atomic mass is 10.0. The standard InChI is InChI=1S/C14H17N5O2S.C14H19N5O2.CCl2S/c1-7(2)8-4-11(20-3)9(19-22)5-10(8)21-12-6-17-14(16)18-13(12)15;1-7(2)8-4-11(20-3)9(15)5-10(8)21-12-6-18-14(17)19-13(12)16;2-1(3)4/h4-7H,1-3H3,(H4,15,16,17,18);4-7H,15H2,1-3H3,(H4,16,17,18,19);. The predicted molar refractivity (Wildman–Crippen MR) is 194 cm³/mol. The maximum Gasteiger partial charge on any atom is 0.222 e. The lowest BCUT2D eigenvalue weighted by Crippen LogP contribution is -2.03. The molecule has 10 N–H and O–H groups in total. The summed E-state index contributed by atoms with van der Waals surface area (Å²) in [6.07, 6.45) is 2.86. The van der Waals surface area contributed by atoms with Crippen LogP contribution in [0.25, 0.3) is 0 Å². The van der Waals surface area contributed by atoms with E-state index in [1.165, 1.54) is 12.4 Å². The number of hydrogen-bond donors (Lipinski definition) is 5. The largest absolute Gasteiger partial charge is 0.495 e. The summed E-state index contributed by atoms with van der Waals surface area (Å²) >= 11 is 18.4. The van der Waals surface area contributed by atoms with Gasteiger partial charge in [0.15, 0.2) is 26.9 Å². The van der Waals surface area contributed by atoms with Gasteiger partial charge in [0.05, 0.1) is 32.3 Å². The van der Waals surface area contributed by atoms with Crippen molar-refractivity contribution in [1.82, 2.24) is 19.9 Å². The first-order valence-corrected chi connectivity index (χ1v) is 15.1. The van der Waals surface area contributed by atoms with Gasteiger partial charge in [0, 0.05) is 35.7 Å². The van der Waals surface area contributed by atoms with Crippen LogP contribution in [0.15, 0.2) is 41.0 Å². The van der Waals surface area contributed by atoms with Crippen molar-refractivity contribution < 1.29 is 18.9 Å². The van der Waals surface area contributed by atoms with Gasteiger partial charge in [0.1, 0.15) is 28.7 Å². The lowest BCUT2D eigenvalue weighted by Gasteiger charge is -2.17. The molecule has 0 unspecified atom stereocenters. The minimum absolute atomic E-state index is 0.0556. The molecule has 4 aromatic rings. The number of anilines is 5.